The number of para-hydroxylation sites is 1. The van der Waals surface area contributed by atoms with Crippen LogP contribution in [0.25, 0.3) is 10.8 Å². The van der Waals surface area contributed by atoms with Crippen molar-refractivity contribution in [3.8, 4) is 0 Å². The fourth-order valence-electron chi connectivity index (χ4n) is 6.31. The number of rotatable bonds is 4. The second-order valence-electron chi connectivity index (χ2n) is 9.75. The van der Waals surface area contributed by atoms with Crippen LogP contribution in [0.1, 0.15) is 42.0 Å². The molecule has 2 atom stereocenters. The van der Waals surface area contributed by atoms with Gasteiger partial charge in [-0.1, -0.05) is 54.6 Å². The van der Waals surface area contributed by atoms with Crippen LogP contribution < -0.4 is 10.2 Å². The molecule has 6 rings (SSSR count). The van der Waals surface area contributed by atoms with Crippen LogP contribution in [0.3, 0.4) is 0 Å². The van der Waals surface area contributed by atoms with Crippen LogP contribution in [0, 0.1) is 0 Å². The fourth-order valence-corrected chi connectivity index (χ4v) is 6.31. The predicted molar refractivity (Wildman–Crippen MR) is 131 cm³/mol. The van der Waals surface area contributed by atoms with Gasteiger partial charge in [0, 0.05) is 37.8 Å². The fraction of sp³-hybridized carbons (Fsp3) is 0.357. The molecule has 6 heteroatoms. The SMILES string of the molecule is CNC(=O)CC1(O)C(=O)N(C2CCN(C3Cc4cccc5cccc3c45)CC2)c2ccccc21. The molecule has 1 aliphatic carbocycles. The Morgan fingerprint density at radius 1 is 1.06 bits per heavy atom. The smallest absolute Gasteiger partial charge is 0.264 e. The van der Waals surface area contributed by atoms with Gasteiger partial charge in [0.15, 0.2) is 5.60 Å². The third-order valence-corrected chi connectivity index (χ3v) is 7.98. The second kappa shape index (κ2) is 7.93. The highest BCUT2D eigenvalue weighted by molar-refractivity contribution is 6.09. The number of fused-ring (bicyclic) bond motifs is 1. The van der Waals surface area contributed by atoms with E-state index in [0.29, 0.717) is 11.6 Å². The van der Waals surface area contributed by atoms with Crippen molar-refractivity contribution in [3.05, 3.63) is 77.4 Å². The minimum Gasteiger partial charge on any atom is -0.375 e. The molecule has 0 spiro atoms. The topological polar surface area (TPSA) is 72.9 Å². The lowest BCUT2D eigenvalue weighted by molar-refractivity contribution is -0.143. The molecule has 174 valence electrons. The van der Waals surface area contributed by atoms with Gasteiger partial charge in [0.05, 0.1) is 12.1 Å². The summed E-state index contributed by atoms with van der Waals surface area (Å²) in [4.78, 5) is 30.0. The number of piperidine rings is 1. The highest BCUT2D eigenvalue weighted by Gasteiger charge is 2.52. The molecule has 0 bridgehead atoms. The molecule has 0 saturated carbocycles. The van der Waals surface area contributed by atoms with Gasteiger partial charge in [0.25, 0.3) is 5.91 Å². The molecule has 6 nitrogen and oxygen atoms in total. The summed E-state index contributed by atoms with van der Waals surface area (Å²) in [7, 11) is 1.52. The number of aliphatic hydroxyl groups is 1. The number of nitrogens with one attached hydrogen (secondary N) is 1. The first-order valence-corrected chi connectivity index (χ1v) is 12.1. The molecule has 2 unspecified atom stereocenters. The first-order valence-electron chi connectivity index (χ1n) is 12.1. The third kappa shape index (κ3) is 3.09. The number of carbonyl (C=O) groups is 2. The Hall–Kier alpha value is -3.22. The van der Waals surface area contributed by atoms with Gasteiger partial charge < -0.3 is 15.3 Å². The number of anilines is 1. The van der Waals surface area contributed by atoms with E-state index in [9.17, 15) is 14.7 Å². The van der Waals surface area contributed by atoms with Gasteiger partial charge in [0.2, 0.25) is 5.91 Å². The van der Waals surface area contributed by atoms with Crippen molar-refractivity contribution in [3.63, 3.8) is 0 Å². The van der Waals surface area contributed by atoms with Gasteiger partial charge in [-0.2, -0.15) is 0 Å². The molecule has 0 aromatic heterocycles. The van der Waals surface area contributed by atoms with Crippen LogP contribution in [0.5, 0.6) is 0 Å². The summed E-state index contributed by atoms with van der Waals surface area (Å²) < 4.78 is 0. The Balaban J connectivity index is 1.23. The van der Waals surface area contributed by atoms with Gasteiger partial charge in [-0.25, -0.2) is 0 Å². The molecule has 2 amide bonds. The van der Waals surface area contributed by atoms with E-state index in [1.54, 1.807) is 11.0 Å². The van der Waals surface area contributed by atoms with Crippen molar-refractivity contribution < 1.29 is 14.7 Å². The summed E-state index contributed by atoms with van der Waals surface area (Å²) in [6, 6.07) is 20.9. The van der Waals surface area contributed by atoms with E-state index < -0.39 is 5.60 Å². The molecule has 3 aromatic carbocycles. The lowest BCUT2D eigenvalue weighted by Crippen LogP contribution is -2.51. The molecular weight excluding hydrogens is 426 g/mol. The molecule has 1 saturated heterocycles. The molecule has 0 radical (unpaired) electrons. The molecular formula is C28H29N3O3. The molecule has 1 fully saturated rings. The van der Waals surface area contributed by atoms with Crippen LogP contribution in [-0.2, 0) is 21.6 Å². The minimum atomic E-state index is -1.81. The van der Waals surface area contributed by atoms with Crippen molar-refractivity contribution in [1.82, 2.24) is 10.2 Å². The van der Waals surface area contributed by atoms with E-state index in [-0.39, 0.29) is 24.3 Å². The van der Waals surface area contributed by atoms with E-state index >= 15 is 0 Å². The summed E-state index contributed by atoms with van der Waals surface area (Å²) in [5, 5.41) is 16.6. The highest BCUT2D eigenvalue weighted by Crippen LogP contribution is 2.46. The first kappa shape index (κ1) is 21.3. The van der Waals surface area contributed by atoms with Crippen molar-refractivity contribution in [2.75, 3.05) is 25.0 Å². The summed E-state index contributed by atoms with van der Waals surface area (Å²) in [5.74, 6) is -0.730. The Morgan fingerprint density at radius 2 is 1.79 bits per heavy atom. The number of carbonyl (C=O) groups excluding carboxylic acids is 2. The van der Waals surface area contributed by atoms with Crippen LogP contribution >= 0.6 is 0 Å². The molecule has 2 aliphatic heterocycles. The Morgan fingerprint density at radius 3 is 2.56 bits per heavy atom. The average Bonchev–Trinajstić information content (AvgIpc) is 3.34. The number of hydrogen-bond donors (Lipinski definition) is 2. The van der Waals surface area contributed by atoms with E-state index in [4.69, 9.17) is 0 Å². The maximum atomic E-state index is 13.5. The molecule has 2 heterocycles. The Labute approximate surface area is 199 Å². The predicted octanol–water partition coefficient (Wildman–Crippen LogP) is 3.27. The Bertz CT molecular complexity index is 1290. The van der Waals surface area contributed by atoms with Crippen LogP contribution in [0.15, 0.2) is 60.7 Å². The van der Waals surface area contributed by atoms with Crippen molar-refractivity contribution in [2.45, 2.75) is 43.4 Å². The largest absolute Gasteiger partial charge is 0.375 e. The van der Waals surface area contributed by atoms with Crippen molar-refractivity contribution in [1.29, 1.82) is 0 Å². The van der Waals surface area contributed by atoms with Crippen molar-refractivity contribution in [2.24, 2.45) is 0 Å². The average molecular weight is 456 g/mol. The van der Waals surface area contributed by atoms with Gasteiger partial charge >= 0.3 is 0 Å². The number of hydrogen-bond acceptors (Lipinski definition) is 4. The zero-order valence-corrected chi connectivity index (χ0v) is 19.3. The normalized spacial score (nSPS) is 24.6. The number of benzene rings is 3. The lowest BCUT2D eigenvalue weighted by atomic mass is 9.91. The summed E-state index contributed by atoms with van der Waals surface area (Å²) in [6.07, 6.45) is 2.43. The van der Waals surface area contributed by atoms with Gasteiger partial charge in [-0.05, 0) is 47.2 Å². The second-order valence-corrected chi connectivity index (χ2v) is 9.75. The van der Waals surface area contributed by atoms with Crippen LogP contribution in [0.2, 0.25) is 0 Å². The van der Waals surface area contributed by atoms with Crippen molar-refractivity contribution >= 4 is 28.3 Å². The lowest BCUT2D eigenvalue weighted by Gasteiger charge is -2.40. The number of likely N-dealkylation sites (tertiary alicyclic amines) is 1. The summed E-state index contributed by atoms with van der Waals surface area (Å²) in [5.41, 5.74) is 2.29. The van der Waals surface area contributed by atoms with E-state index in [2.05, 4.69) is 46.6 Å². The maximum Gasteiger partial charge on any atom is 0.264 e. The number of amides is 2. The van der Waals surface area contributed by atoms with Gasteiger partial charge in [0.1, 0.15) is 0 Å². The zero-order valence-electron chi connectivity index (χ0n) is 19.3. The zero-order chi connectivity index (χ0) is 23.4. The minimum absolute atomic E-state index is 0.00295. The molecule has 34 heavy (non-hydrogen) atoms. The monoisotopic (exact) mass is 455 g/mol. The highest BCUT2D eigenvalue weighted by atomic mass is 16.3. The summed E-state index contributed by atoms with van der Waals surface area (Å²) >= 11 is 0. The van der Waals surface area contributed by atoms with E-state index in [1.165, 1.54) is 28.9 Å². The maximum absolute atomic E-state index is 13.5. The third-order valence-electron chi connectivity index (χ3n) is 7.98. The Kier molecular flexibility index (Phi) is 4.97. The summed E-state index contributed by atoms with van der Waals surface area (Å²) in [6.45, 7) is 1.78. The van der Waals surface area contributed by atoms with Crippen LogP contribution in [-0.4, -0.2) is 48.0 Å². The van der Waals surface area contributed by atoms with Gasteiger partial charge in [-0.3, -0.25) is 14.5 Å². The van der Waals surface area contributed by atoms with E-state index in [0.717, 1.165) is 38.0 Å². The van der Waals surface area contributed by atoms with E-state index in [1.807, 2.05) is 18.2 Å². The standard InChI is InChI=1S/C28H29N3O3/c1-29-25(32)17-28(34)22-10-2-3-11-23(22)31(27(28)33)20-12-14-30(15-13-20)24-16-19-8-4-6-18-7-5-9-21(24)26(18)19/h2-11,20,24,34H,12-17H2,1H3,(H,29,32). The van der Waals surface area contributed by atoms with Gasteiger partial charge in [-0.15, -0.1) is 0 Å². The van der Waals surface area contributed by atoms with Crippen LogP contribution in [0.4, 0.5) is 5.69 Å². The molecule has 2 N–H and O–H groups in total. The molecule has 3 aliphatic rings. The molecule has 3 aromatic rings. The quantitative estimate of drug-likeness (QED) is 0.633. The first-order chi connectivity index (χ1) is 16.5. The number of nitrogens with zero attached hydrogens (tertiary/aromatic N) is 2.